The molecule has 0 aromatic heterocycles. The van der Waals surface area contributed by atoms with Gasteiger partial charge in [0.15, 0.2) is 25.2 Å². The van der Waals surface area contributed by atoms with Crippen LogP contribution >= 0.6 is 0 Å². The molecule has 8 rings (SSSR count). The van der Waals surface area contributed by atoms with Crippen molar-refractivity contribution in [1.82, 2.24) is 0 Å². The predicted octanol–water partition coefficient (Wildman–Crippen LogP) is -1.17. The van der Waals surface area contributed by atoms with E-state index in [1.807, 2.05) is 20.8 Å². The molecule has 22 heteroatoms. The molecule has 0 amide bonds. The van der Waals surface area contributed by atoms with E-state index in [9.17, 15) is 71.5 Å². The molecule has 4 heterocycles. The molecule has 0 aromatic rings. The quantitative estimate of drug-likeness (QED) is 0.0678. The van der Waals surface area contributed by atoms with Crippen molar-refractivity contribution >= 4 is 0 Å². The zero-order chi connectivity index (χ0) is 55.9. The summed E-state index contributed by atoms with van der Waals surface area (Å²) in [7, 11) is 0. The molecular weight excluding hydrogens is 1000 g/mol. The highest BCUT2D eigenvalue weighted by atomic mass is 16.8. The fourth-order valence-electron chi connectivity index (χ4n) is 16.2. The first-order valence-electron chi connectivity index (χ1n) is 27.8. The second-order valence-electron chi connectivity index (χ2n) is 25.7. The maximum Gasteiger partial charge on any atom is 0.187 e. The number of hydrogen-bond acceptors (Lipinski definition) is 22. The lowest BCUT2D eigenvalue weighted by molar-refractivity contribution is -0.377. The summed E-state index contributed by atoms with van der Waals surface area (Å²) < 4.78 is 49.1. The van der Waals surface area contributed by atoms with Crippen LogP contribution in [0.4, 0.5) is 0 Å². The zero-order valence-corrected chi connectivity index (χ0v) is 45.6. The average Bonchev–Trinajstić information content (AvgIpc) is 3.94. The highest BCUT2D eigenvalue weighted by Gasteiger charge is 2.73. The van der Waals surface area contributed by atoms with Crippen LogP contribution < -0.4 is 0 Å². The molecule has 8 fully saturated rings. The van der Waals surface area contributed by atoms with Crippen LogP contribution in [0.2, 0.25) is 0 Å². The lowest BCUT2D eigenvalue weighted by atomic mass is 9.34. The Kier molecular flexibility index (Phi) is 18.4. The van der Waals surface area contributed by atoms with Crippen LogP contribution in [0.25, 0.3) is 0 Å². The molecule has 4 aliphatic carbocycles. The van der Waals surface area contributed by atoms with Crippen LogP contribution in [0, 0.1) is 45.3 Å². The smallest absolute Gasteiger partial charge is 0.187 e. The average molecular weight is 1090 g/mol. The third kappa shape index (κ3) is 10.4. The van der Waals surface area contributed by atoms with Crippen molar-refractivity contribution < 1.29 is 109 Å². The van der Waals surface area contributed by atoms with Crippen LogP contribution in [-0.2, 0) is 37.9 Å². The third-order valence-corrected chi connectivity index (χ3v) is 20.9. The van der Waals surface area contributed by atoms with Crippen LogP contribution in [0.15, 0.2) is 11.6 Å². The Balaban J connectivity index is 1.01. The minimum absolute atomic E-state index is 0.0372. The van der Waals surface area contributed by atoms with Gasteiger partial charge in [-0.15, -0.1) is 0 Å². The minimum Gasteiger partial charge on any atom is -0.394 e. The van der Waals surface area contributed by atoms with E-state index in [0.29, 0.717) is 32.1 Å². The maximum atomic E-state index is 12.9. The number of aliphatic hydroxyl groups excluding tert-OH is 14. The normalized spacial score (nSPS) is 53.2. The standard InChI is InChI=1S/C54H92O22/c1-23(2)11-10-16-53(8,76-48-44(68)40(64)37(61)29(73-48)22-69-46-42(66)39(63)35(59)27(20-55)71-46)26-14-18-52(7)25(26)12-13-30-51(6)17-15-33(50(4,5)31(51)19-32(57)54(30,52)9)74-49-45(41(65)36(60)28(21-56)72-49)75-47-43(67)38(62)34(58)24(3)70-47/h11,24-49,55-68H,10,12-22H2,1-9H3. The summed E-state index contributed by atoms with van der Waals surface area (Å²) in [6, 6.07) is 0. The topological polar surface area (TPSA) is 357 Å². The number of aliphatic hydroxyl groups is 14. The number of fused-ring (bicyclic) bond motifs is 5. The van der Waals surface area contributed by atoms with Crippen LogP contribution in [-0.4, -0.2) is 232 Å². The summed E-state index contributed by atoms with van der Waals surface area (Å²) in [5, 5.41) is 152. The number of hydrogen-bond donors (Lipinski definition) is 14. The van der Waals surface area contributed by atoms with E-state index in [0.717, 1.165) is 31.3 Å². The molecule has 30 atom stereocenters. The van der Waals surface area contributed by atoms with E-state index in [1.54, 1.807) is 0 Å². The van der Waals surface area contributed by atoms with Crippen molar-refractivity contribution in [2.75, 3.05) is 19.8 Å². The van der Waals surface area contributed by atoms with Gasteiger partial charge in [0.1, 0.15) is 91.6 Å². The molecule has 22 nitrogen and oxygen atoms in total. The van der Waals surface area contributed by atoms with E-state index < -0.39 is 177 Å². The molecule has 0 radical (unpaired) electrons. The molecule has 4 saturated carbocycles. The Morgan fingerprint density at radius 1 is 0.592 bits per heavy atom. The second kappa shape index (κ2) is 22.9. The van der Waals surface area contributed by atoms with Crippen molar-refractivity contribution in [2.24, 2.45) is 45.3 Å². The van der Waals surface area contributed by atoms with Gasteiger partial charge < -0.3 is 109 Å². The van der Waals surface area contributed by atoms with Crippen LogP contribution in [0.5, 0.6) is 0 Å². The molecule has 4 aliphatic heterocycles. The van der Waals surface area contributed by atoms with Crippen molar-refractivity contribution in [2.45, 2.75) is 261 Å². The number of rotatable bonds is 15. The number of ether oxygens (including phenoxy) is 8. The summed E-state index contributed by atoms with van der Waals surface area (Å²) >= 11 is 0. The molecule has 8 aliphatic rings. The summed E-state index contributed by atoms with van der Waals surface area (Å²) in [6.45, 7) is 16.8. The fraction of sp³-hybridized carbons (Fsp3) is 0.963. The first-order chi connectivity index (χ1) is 35.5. The van der Waals surface area contributed by atoms with E-state index >= 15 is 0 Å². The summed E-state index contributed by atoms with van der Waals surface area (Å²) in [5.74, 6) is -0.0981. The van der Waals surface area contributed by atoms with E-state index in [-0.39, 0.29) is 29.1 Å². The Morgan fingerprint density at radius 2 is 1.16 bits per heavy atom. The summed E-state index contributed by atoms with van der Waals surface area (Å²) in [4.78, 5) is 0. The van der Waals surface area contributed by atoms with Gasteiger partial charge in [-0.2, -0.15) is 0 Å². The molecule has 30 unspecified atom stereocenters. The van der Waals surface area contributed by atoms with Gasteiger partial charge >= 0.3 is 0 Å². The zero-order valence-electron chi connectivity index (χ0n) is 45.6. The predicted molar refractivity (Wildman–Crippen MR) is 265 cm³/mol. The van der Waals surface area contributed by atoms with Crippen LogP contribution in [0.1, 0.15) is 120 Å². The van der Waals surface area contributed by atoms with Gasteiger partial charge in [-0.3, -0.25) is 0 Å². The fourth-order valence-corrected chi connectivity index (χ4v) is 16.2. The molecule has 14 N–H and O–H groups in total. The van der Waals surface area contributed by atoms with Gasteiger partial charge in [0.25, 0.3) is 0 Å². The van der Waals surface area contributed by atoms with Gasteiger partial charge in [-0.1, -0.05) is 46.3 Å². The van der Waals surface area contributed by atoms with Gasteiger partial charge in [0.2, 0.25) is 0 Å². The van der Waals surface area contributed by atoms with Crippen LogP contribution in [0.3, 0.4) is 0 Å². The largest absolute Gasteiger partial charge is 0.394 e. The summed E-state index contributed by atoms with van der Waals surface area (Å²) in [6.07, 6.45) is -23.5. The molecule has 440 valence electrons. The van der Waals surface area contributed by atoms with Crippen molar-refractivity contribution in [3.8, 4) is 0 Å². The highest BCUT2D eigenvalue weighted by molar-refractivity contribution is 5.21. The molecule has 0 spiro atoms. The second-order valence-corrected chi connectivity index (χ2v) is 25.7. The van der Waals surface area contributed by atoms with Crippen molar-refractivity contribution in [1.29, 1.82) is 0 Å². The Bertz CT molecular complexity index is 1980. The Morgan fingerprint density at radius 3 is 1.79 bits per heavy atom. The van der Waals surface area contributed by atoms with Gasteiger partial charge in [-0.05, 0) is 125 Å². The van der Waals surface area contributed by atoms with Crippen molar-refractivity contribution in [3.05, 3.63) is 11.6 Å². The Hall–Kier alpha value is -1.14. The monoisotopic (exact) mass is 1090 g/mol. The third-order valence-electron chi connectivity index (χ3n) is 20.9. The lowest BCUT2D eigenvalue weighted by Crippen LogP contribution is -2.69. The molecule has 76 heavy (non-hydrogen) atoms. The van der Waals surface area contributed by atoms with E-state index in [2.05, 4.69) is 40.7 Å². The SMILES string of the molecule is CC(C)=CCCC(C)(OC1OC(COC2OC(CO)C(O)C(O)C2O)C(O)C(O)C1O)C1CCC2(C)C1CCC1C3(C)CCC(OC4OC(CO)C(O)C(O)C4OC4OC(C)C(O)C(O)C4O)C(C)(C)C3CC(O)C12C. The Labute approximate surface area is 445 Å². The van der Waals surface area contributed by atoms with E-state index in [1.165, 1.54) is 6.92 Å². The minimum atomic E-state index is -1.73. The lowest BCUT2D eigenvalue weighted by Gasteiger charge is -2.71. The highest BCUT2D eigenvalue weighted by Crippen LogP contribution is 2.76. The van der Waals surface area contributed by atoms with E-state index in [4.69, 9.17) is 37.9 Å². The molecular formula is C54H92O22. The summed E-state index contributed by atoms with van der Waals surface area (Å²) in [5.41, 5.74) is -1.77. The molecule has 4 saturated heterocycles. The van der Waals surface area contributed by atoms with Gasteiger partial charge in [0.05, 0.1) is 43.7 Å². The van der Waals surface area contributed by atoms with Gasteiger partial charge in [0, 0.05) is 5.41 Å². The van der Waals surface area contributed by atoms with Gasteiger partial charge in [-0.25, -0.2) is 0 Å². The maximum absolute atomic E-state index is 12.9. The number of allylic oxidation sites excluding steroid dienone is 2. The van der Waals surface area contributed by atoms with Crippen molar-refractivity contribution in [3.63, 3.8) is 0 Å². The molecule has 0 bridgehead atoms. The first kappa shape index (κ1) is 60.9. The molecule has 0 aromatic carbocycles. The first-order valence-corrected chi connectivity index (χ1v) is 27.8.